The summed E-state index contributed by atoms with van der Waals surface area (Å²) >= 11 is 9.23. The van der Waals surface area contributed by atoms with Crippen molar-refractivity contribution in [1.29, 1.82) is 0 Å². The predicted molar refractivity (Wildman–Crippen MR) is 82.9 cm³/mol. The van der Waals surface area contributed by atoms with Gasteiger partial charge in [-0.05, 0) is 54.2 Å². The number of carboxylic acid groups (broad SMARTS) is 1. The minimum atomic E-state index is -1.17. The highest BCUT2D eigenvalue weighted by molar-refractivity contribution is 9.10. The maximum absolute atomic E-state index is 11.8. The lowest BCUT2D eigenvalue weighted by atomic mass is 10.1. The van der Waals surface area contributed by atoms with Crippen LogP contribution >= 0.6 is 27.5 Å². The Morgan fingerprint density at radius 2 is 2.18 bits per heavy atom. The van der Waals surface area contributed by atoms with Crippen molar-refractivity contribution >= 4 is 45.2 Å². The van der Waals surface area contributed by atoms with Gasteiger partial charge < -0.3 is 14.6 Å². The highest BCUT2D eigenvalue weighted by atomic mass is 79.9. The summed E-state index contributed by atoms with van der Waals surface area (Å²) < 4.78 is 5.48. The average molecular weight is 391 g/mol. The molecule has 0 radical (unpaired) electrons. The summed E-state index contributed by atoms with van der Waals surface area (Å²) in [5, 5.41) is 18.9. The maximum Gasteiger partial charge on any atom is 0.332 e. The second kappa shape index (κ2) is 9.53. The molecule has 22 heavy (non-hydrogen) atoms. The Balaban J connectivity index is 2.82. The zero-order chi connectivity index (χ0) is 16.5. The zero-order valence-electron chi connectivity index (χ0n) is 11.9. The number of azo groups is 1. The Hall–Kier alpha value is -1.47. The van der Waals surface area contributed by atoms with Gasteiger partial charge in [-0.25, -0.2) is 4.79 Å². The normalized spacial score (nSPS) is 12.3. The van der Waals surface area contributed by atoms with Gasteiger partial charge >= 0.3 is 5.97 Å². The number of benzene rings is 1. The van der Waals surface area contributed by atoms with E-state index in [2.05, 4.69) is 26.2 Å². The molecule has 1 aromatic rings. The molecule has 1 aromatic carbocycles. The maximum atomic E-state index is 11.8. The monoisotopic (exact) mass is 389 g/mol. The number of hydrogen-bond donors (Lipinski definition) is 0. The van der Waals surface area contributed by atoms with Gasteiger partial charge in [0.2, 0.25) is 0 Å². The number of carboxylic acids is 1. The van der Waals surface area contributed by atoms with Crippen molar-refractivity contribution in [1.82, 2.24) is 0 Å². The Morgan fingerprint density at radius 1 is 1.45 bits per heavy atom. The third-order valence-electron chi connectivity index (χ3n) is 2.65. The van der Waals surface area contributed by atoms with E-state index >= 15 is 0 Å². The molecule has 0 aromatic heterocycles. The first-order valence-electron chi connectivity index (χ1n) is 6.67. The largest absolute Gasteiger partial charge is 0.550 e. The van der Waals surface area contributed by atoms with Crippen LogP contribution in [-0.2, 0) is 14.3 Å². The van der Waals surface area contributed by atoms with Gasteiger partial charge in [0.05, 0.1) is 16.1 Å². The third kappa shape index (κ3) is 6.11. The average Bonchev–Trinajstić information content (AvgIpc) is 2.46. The van der Waals surface area contributed by atoms with Gasteiger partial charge in [0.1, 0.15) is 5.69 Å². The number of carbonyl (C=O) groups excluding carboxylic acids is 2. The molecule has 8 heteroatoms. The molecular formula is C14H15BrClN2O4-. The summed E-state index contributed by atoms with van der Waals surface area (Å²) in [6.45, 7) is 1.90. The van der Waals surface area contributed by atoms with Crippen LogP contribution in [-0.4, -0.2) is 24.6 Å². The summed E-state index contributed by atoms with van der Waals surface area (Å²) in [5.74, 6) is -1.71. The van der Waals surface area contributed by atoms with E-state index in [0.717, 1.165) is 0 Å². The highest BCUT2D eigenvalue weighted by Crippen LogP contribution is 2.32. The number of hydrogen-bond acceptors (Lipinski definition) is 6. The molecule has 0 bridgehead atoms. The van der Waals surface area contributed by atoms with Gasteiger partial charge in [0.15, 0.2) is 6.04 Å². The Labute approximate surface area is 141 Å². The van der Waals surface area contributed by atoms with E-state index in [1.807, 2.05) is 0 Å². The second-order valence-electron chi connectivity index (χ2n) is 4.32. The van der Waals surface area contributed by atoms with Crippen LogP contribution in [0.5, 0.6) is 0 Å². The van der Waals surface area contributed by atoms with Gasteiger partial charge in [-0.3, -0.25) is 0 Å². The molecule has 0 aliphatic rings. The van der Waals surface area contributed by atoms with Crippen molar-refractivity contribution in [3.05, 3.63) is 27.7 Å². The highest BCUT2D eigenvalue weighted by Gasteiger charge is 2.19. The molecule has 0 spiro atoms. The van der Waals surface area contributed by atoms with Gasteiger partial charge in [0.25, 0.3) is 0 Å². The quantitative estimate of drug-likeness (QED) is 0.504. The van der Waals surface area contributed by atoms with Crippen LogP contribution in [0.3, 0.4) is 0 Å². The number of ether oxygens (including phenoxy) is 1. The molecule has 120 valence electrons. The number of esters is 1. The second-order valence-corrected chi connectivity index (χ2v) is 5.52. The fourth-order valence-corrected chi connectivity index (χ4v) is 2.12. The first-order chi connectivity index (χ1) is 10.5. The Bertz CT molecular complexity index is 566. The van der Waals surface area contributed by atoms with Gasteiger partial charge in [-0.1, -0.05) is 17.7 Å². The number of halogens is 2. The number of carbonyl (C=O) groups is 2. The van der Waals surface area contributed by atoms with E-state index in [9.17, 15) is 14.7 Å². The van der Waals surface area contributed by atoms with Crippen LogP contribution in [0, 0.1) is 0 Å². The number of nitrogens with zero attached hydrogens (tertiary/aromatic N) is 2. The standard InChI is InChI=1S/C14H16BrClN2O4/c1-2-22-14(21)11(7-4-8-12(19)20)18-17-10-6-3-5-9(16)13(10)15/h3,5-6,11H,2,4,7-8H2,1H3,(H,19,20)/p-1. The summed E-state index contributed by atoms with van der Waals surface area (Å²) in [4.78, 5) is 22.3. The summed E-state index contributed by atoms with van der Waals surface area (Å²) in [6.07, 6.45) is 0.322. The molecular weight excluding hydrogens is 376 g/mol. The van der Waals surface area contributed by atoms with Crippen molar-refractivity contribution in [2.24, 2.45) is 10.2 Å². The molecule has 0 aliphatic carbocycles. The summed E-state index contributed by atoms with van der Waals surface area (Å²) in [6, 6.07) is 4.22. The molecule has 6 nitrogen and oxygen atoms in total. The van der Waals surface area contributed by atoms with Crippen LogP contribution in [0.4, 0.5) is 5.69 Å². The minimum absolute atomic E-state index is 0.147. The minimum Gasteiger partial charge on any atom is -0.550 e. The Kier molecular flexibility index (Phi) is 8.05. The fourth-order valence-electron chi connectivity index (χ4n) is 1.60. The van der Waals surface area contributed by atoms with Crippen LogP contribution < -0.4 is 5.11 Å². The molecule has 1 atom stereocenters. The van der Waals surface area contributed by atoms with Crippen molar-refractivity contribution in [2.75, 3.05) is 6.61 Å². The fraction of sp³-hybridized carbons (Fsp3) is 0.429. The first-order valence-corrected chi connectivity index (χ1v) is 7.84. The SMILES string of the molecule is CCOC(=O)C(CCCC(=O)[O-])N=Nc1cccc(Cl)c1Br. The lowest BCUT2D eigenvalue weighted by molar-refractivity contribution is -0.305. The predicted octanol–water partition coefficient (Wildman–Crippen LogP) is 3.04. The number of aliphatic carboxylic acids is 1. The van der Waals surface area contributed by atoms with Crippen molar-refractivity contribution < 1.29 is 19.4 Å². The van der Waals surface area contributed by atoms with Crippen molar-refractivity contribution in [3.8, 4) is 0 Å². The summed E-state index contributed by atoms with van der Waals surface area (Å²) in [7, 11) is 0. The molecule has 1 rings (SSSR count). The van der Waals surface area contributed by atoms with Crippen LogP contribution in [0.1, 0.15) is 26.2 Å². The van der Waals surface area contributed by atoms with E-state index in [1.165, 1.54) is 0 Å². The lowest BCUT2D eigenvalue weighted by Gasteiger charge is -2.10. The number of rotatable bonds is 8. The van der Waals surface area contributed by atoms with Gasteiger partial charge in [-0.2, -0.15) is 10.2 Å². The summed E-state index contributed by atoms with van der Waals surface area (Å²) in [5.41, 5.74) is 0.474. The van der Waals surface area contributed by atoms with E-state index in [-0.39, 0.29) is 25.9 Å². The van der Waals surface area contributed by atoms with Crippen molar-refractivity contribution in [2.45, 2.75) is 32.2 Å². The first kappa shape index (κ1) is 18.6. The van der Waals surface area contributed by atoms with Gasteiger partial charge in [0, 0.05) is 5.97 Å². The molecule has 0 N–H and O–H groups in total. The molecule has 0 saturated carbocycles. The molecule has 0 heterocycles. The molecule has 0 aliphatic heterocycles. The molecule has 0 amide bonds. The van der Waals surface area contributed by atoms with Crippen molar-refractivity contribution in [3.63, 3.8) is 0 Å². The van der Waals surface area contributed by atoms with E-state index in [0.29, 0.717) is 15.2 Å². The van der Waals surface area contributed by atoms with E-state index in [4.69, 9.17) is 16.3 Å². The zero-order valence-corrected chi connectivity index (χ0v) is 14.3. The van der Waals surface area contributed by atoms with Crippen LogP contribution in [0.25, 0.3) is 0 Å². The van der Waals surface area contributed by atoms with Crippen LogP contribution in [0.15, 0.2) is 32.9 Å². The van der Waals surface area contributed by atoms with E-state index < -0.39 is 18.0 Å². The topological polar surface area (TPSA) is 91.2 Å². The van der Waals surface area contributed by atoms with E-state index in [1.54, 1.807) is 25.1 Å². The van der Waals surface area contributed by atoms with Crippen LogP contribution in [0.2, 0.25) is 5.02 Å². The van der Waals surface area contributed by atoms with Gasteiger partial charge in [-0.15, -0.1) is 0 Å². The smallest absolute Gasteiger partial charge is 0.332 e. The molecule has 0 saturated heterocycles. The lowest BCUT2D eigenvalue weighted by Crippen LogP contribution is -2.24. The third-order valence-corrected chi connectivity index (χ3v) is 4.03. The molecule has 1 unspecified atom stereocenters. The molecule has 0 fully saturated rings. The Morgan fingerprint density at radius 3 is 2.82 bits per heavy atom.